The van der Waals surface area contributed by atoms with Crippen molar-refractivity contribution in [1.29, 1.82) is 0 Å². The quantitative estimate of drug-likeness (QED) is 0.896. The van der Waals surface area contributed by atoms with Crippen LogP contribution < -0.4 is 11.1 Å². The summed E-state index contributed by atoms with van der Waals surface area (Å²) >= 11 is 0. The average Bonchev–Trinajstić information content (AvgIpc) is 2.38. The molecule has 0 aliphatic heterocycles. The molecule has 0 unspecified atom stereocenters. The average molecular weight is 270 g/mol. The van der Waals surface area contributed by atoms with E-state index in [1.807, 2.05) is 6.07 Å². The Hall–Kier alpha value is -2.10. The predicted octanol–water partition coefficient (Wildman–Crippen LogP) is 3.01. The molecule has 0 atom stereocenters. The van der Waals surface area contributed by atoms with E-state index < -0.39 is 0 Å². The molecule has 0 spiro atoms. The van der Waals surface area contributed by atoms with Crippen molar-refractivity contribution in [1.82, 2.24) is 9.97 Å². The fourth-order valence-corrected chi connectivity index (χ4v) is 1.87. The minimum Gasteiger partial charge on any atom is -0.384 e. The minimum absolute atomic E-state index is 0.106. The fourth-order valence-electron chi connectivity index (χ4n) is 1.87. The maximum atomic E-state index is 5.85. The first-order valence-corrected chi connectivity index (χ1v) is 6.88. The summed E-state index contributed by atoms with van der Waals surface area (Å²) in [7, 11) is 0. The second-order valence-corrected chi connectivity index (χ2v) is 5.91. The lowest BCUT2D eigenvalue weighted by Crippen LogP contribution is -2.18. The van der Waals surface area contributed by atoms with Gasteiger partial charge in [0.25, 0.3) is 0 Å². The molecule has 4 heteroatoms. The summed E-state index contributed by atoms with van der Waals surface area (Å²) in [5, 5.41) is 3.32. The number of nitrogen functional groups attached to an aromatic ring is 1. The topological polar surface area (TPSA) is 63.8 Å². The van der Waals surface area contributed by atoms with Gasteiger partial charge in [-0.05, 0) is 12.0 Å². The van der Waals surface area contributed by atoms with Gasteiger partial charge in [-0.25, -0.2) is 9.97 Å². The van der Waals surface area contributed by atoms with E-state index in [1.165, 1.54) is 5.56 Å². The second kappa shape index (κ2) is 5.90. The molecule has 3 N–H and O–H groups in total. The van der Waals surface area contributed by atoms with Crippen LogP contribution in [0.15, 0.2) is 36.4 Å². The summed E-state index contributed by atoms with van der Waals surface area (Å²) in [5.41, 5.74) is 7.05. The van der Waals surface area contributed by atoms with Crippen LogP contribution in [0.5, 0.6) is 0 Å². The molecule has 0 saturated heterocycles. The molecule has 2 rings (SSSR count). The number of nitrogens with one attached hydrogen (secondary N) is 1. The van der Waals surface area contributed by atoms with Crippen LogP contribution in [-0.2, 0) is 11.8 Å². The third kappa shape index (κ3) is 3.95. The van der Waals surface area contributed by atoms with Gasteiger partial charge in [0.15, 0.2) is 0 Å². The van der Waals surface area contributed by atoms with Crippen molar-refractivity contribution in [2.45, 2.75) is 32.6 Å². The van der Waals surface area contributed by atoms with Crippen LogP contribution in [0.3, 0.4) is 0 Å². The molecule has 106 valence electrons. The Morgan fingerprint density at radius 2 is 1.80 bits per heavy atom. The van der Waals surface area contributed by atoms with Gasteiger partial charge in [-0.3, -0.25) is 0 Å². The van der Waals surface area contributed by atoms with Crippen LogP contribution in [0.1, 0.15) is 32.2 Å². The first-order valence-electron chi connectivity index (χ1n) is 6.88. The summed E-state index contributed by atoms with van der Waals surface area (Å²) in [5.74, 6) is 2.06. The van der Waals surface area contributed by atoms with E-state index in [9.17, 15) is 0 Å². The molecule has 0 aliphatic carbocycles. The highest BCUT2D eigenvalue weighted by Gasteiger charge is 2.18. The predicted molar refractivity (Wildman–Crippen MR) is 83.8 cm³/mol. The Morgan fingerprint density at radius 3 is 2.45 bits per heavy atom. The second-order valence-electron chi connectivity index (χ2n) is 5.91. The Bertz CT molecular complexity index is 558. The van der Waals surface area contributed by atoms with Gasteiger partial charge in [-0.1, -0.05) is 51.1 Å². The number of benzene rings is 1. The molecule has 20 heavy (non-hydrogen) atoms. The maximum Gasteiger partial charge on any atom is 0.138 e. The SMILES string of the molecule is CC(C)(C)c1nc(N)cc(NCCc2ccccc2)n1. The zero-order chi connectivity index (χ0) is 14.6. The number of anilines is 2. The molecule has 0 amide bonds. The zero-order valence-electron chi connectivity index (χ0n) is 12.4. The number of nitrogens with two attached hydrogens (primary N) is 1. The lowest BCUT2D eigenvalue weighted by molar-refractivity contribution is 0.547. The van der Waals surface area contributed by atoms with Crippen LogP contribution >= 0.6 is 0 Å². The van der Waals surface area contributed by atoms with Crippen molar-refractivity contribution in [2.24, 2.45) is 0 Å². The Kier molecular flexibility index (Phi) is 4.23. The van der Waals surface area contributed by atoms with E-state index in [1.54, 1.807) is 6.07 Å². The third-order valence-electron chi connectivity index (χ3n) is 2.98. The number of nitrogens with zero attached hydrogens (tertiary/aromatic N) is 2. The number of rotatable bonds is 4. The van der Waals surface area contributed by atoms with Gasteiger partial charge in [0.2, 0.25) is 0 Å². The van der Waals surface area contributed by atoms with Crippen molar-refractivity contribution in [3.63, 3.8) is 0 Å². The molecule has 0 bridgehead atoms. The summed E-state index contributed by atoms with van der Waals surface area (Å²) in [6.45, 7) is 7.06. The molecule has 0 aliphatic rings. The highest BCUT2D eigenvalue weighted by Crippen LogP contribution is 2.21. The van der Waals surface area contributed by atoms with Gasteiger partial charge in [-0.15, -0.1) is 0 Å². The standard InChI is InChI=1S/C16H22N4/c1-16(2,3)15-19-13(17)11-14(20-15)18-10-9-12-7-5-4-6-8-12/h4-8,11H,9-10H2,1-3H3,(H3,17,18,19,20). The molecule has 0 fully saturated rings. The first kappa shape index (κ1) is 14.3. The van der Waals surface area contributed by atoms with E-state index >= 15 is 0 Å². The molecule has 0 saturated carbocycles. The normalized spacial score (nSPS) is 11.3. The smallest absolute Gasteiger partial charge is 0.138 e. The van der Waals surface area contributed by atoms with Gasteiger partial charge >= 0.3 is 0 Å². The Balaban J connectivity index is 2.01. The molecule has 1 aromatic carbocycles. The number of hydrogen-bond donors (Lipinski definition) is 2. The molecule has 2 aromatic rings. The molecule has 1 heterocycles. The van der Waals surface area contributed by atoms with Gasteiger partial charge in [0, 0.05) is 18.0 Å². The van der Waals surface area contributed by atoms with Gasteiger partial charge < -0.3 is 11.1 Å². The van der Waals surface area contributed by atoms with E-state index in [2.05, 4.69) is 60.3 Å². The number of hydrogen-bond acceptors (Lipinski definition) is 4. The van der Waals surface area contributed by atoms with E-state index in [0.29, 0.717) is 5.82 Å². The van der Waals surface area contributed by atoms with Crippen LogP contribution in [0.2, 0.25) is 0 Å². The van der Waals surface area contributed by atoms with Crippen LogP contribution in [0.4, 0.5) is 11.6 Å². The molecule has 0 radical (unpaired) electrons. The van der Waals surface area contributed by atoms with Crippen molar-refractivity contribution in [3.05, 3.63) is 47.8 Å². The lowest BCUT2D eigenvalue weighted by Gasteiger charge is -2.18. The van der Waals surface area contributed by atoms with Crippen LogP contribution in [-0.4, -0.2) is 16.5 Å². The Morgan fingerprint density at radius 1 is 1.10 bits per heavy atom. The molecular weight excluding hydrogens is 248 g/mol. The largest absolute Gasteiger partial charge is 0.384 e. The highest BCUT2D eigenvalue weighted by atomic mass is 15.1. The van der Waals surface area contributed by atoms with E-state index in [0.717, 1.165) is 24.6 Å². The van der Waals surface area contributed by atoms with E-state index in [4.69, 9.17) is 5.73 Å². The van der Waals surface area contributed by atoms with Crippen molar-refractivity contribution < 1.29 is 0 Å². The monoisotopic (exact) mass is 270 g/mol. The van der Waals surface area contributed by atoms with Crippen LogP contribution in [0, 0.1) is 0 Å². The fraction of sp³-hybridized carbons (Fsp3) is 0.375. The van der Waals surface area contributed by atoms with Crippen LogP contribution in [0.25, 0.3) is 0 Å². The van der Waals surface area contributed by atoms with E-state index in [-0.39, 0.29) is 5.41 Å². The molecule has 4 nitrogen and oxygen atoms in total. The summed E-state index contributed by atoms with van der Waals surface area (Å²) in [6, 6.07) is 12.1. The summed E-state index contributed by atoms with van der Waals surface area (Å²) in [6.07, 6.45) is 0.954. The van der Waals surface area contributed by atoms with Gasteiger partial charge in [0.1, 0.15) is 17.5 Å². The molecule has 1 aromatic heterocycles. The zero-order valence-corrected chi connectivity index (χ0v) is 12.4. The van der Waals surface area contributed by atoms with Crippen molar-refractivity contribution in [2.75, 3.05) is 17.6 Å². The van der Waals surface area contributed by atoms with Gasteiger partial charge in [0.05, 0.1) is 0 Å². The Labute approximate surface area is 120 Å². The summed E-state index contributed by atoms with van der Waals surface area (Å²) in [4.78, 5) is 8.83. The van der Waals surface area contributed by atoms with Crippen molar-refractivity contribution >= 4 is 11.6 Å². The first-order chi connectivity index (χ1) is 9.45. The maximum absolute atomic E-state index is 5.85. The number of aromatic nitrogens is 2. The summed E-state index contributed by atoms with van der Waals surface area (Å²) < 4.78 is 0. The third-order valence-corrected chi connectivity index (χ3v) is 2.98. The minimum atomic E-state index is -0.106. The highest BCUT2D eigenvalue weighted by molar-refractivity contribution is 5.45. The van der Waals surface area contributed by atoms with Crippen molar-refractivity contribution in [3.8, 4) is 0 Å². The lowest BCUT2D eigenvalue weighted by atomic mass is 9.96. The molecular formula is C16H22N4. The van der Waals surface area contributed by atoms with Gasteiger partial charge in [-0.2, -0.15) is 0 Å².